The molecular weight excluding hydrogens is 290 g/mol. The second kappa shape index (κ2) is 6.12. The summed E-state index contributed by atoms with van der Waals surface area (Å²) in [5.74, 6) is -0.174. The van der Waals surface area contributed by atoms with E-state index in [-0.39, 0.29) is 18.1 Å². The van der Waals surface area contributed by atoms with Crippen LogP contribution in [0.25, 0.3) is 11.0 Å². The van der Waals surface area contributed by atoms with E-state index in [1.807, 2.05) is 55.5 Å². The zero-order valence-corrected chi connectivity index (χ0v) is 13.2. The van der Waals surface area contributed by atoms with Crippen molar-refractivity contribution in [1.82, 2.24) is 14.5 Å². The first-order valence-corrected chi connectivity index (χ1v) is 7.53. The van der Waals surface area contributed by atoms with E-state index in [4.69, 9.17) is 0 Å². The van der Waals surface area contributed by atoms with Gasteiger partial charge in [-0.05, 0) is 30.2 Å². The van der Waals surface area contributed by atoms with Crippen LogP contribution in [0.1, 0.15) is 11.1 Å². The van der Waals surface area contributed by atoms with Gasteiger partial charge in [-0.2, -0.15) is 0 Å². The van der Waals surface area contributed by atoms with Gasteiger partial charge >= 0.3 is 5.69 Å². The molecule has 5 nitrogen and oxygen atoms in total. The quantitative estimate of drug-likeness (QED) is 0.801. The number of benzene rings is 2. The Labute approximate surface area is 134 Å². The van der Waals surface area contributed by atoms with Crippen LogP contribution in [-0.4, -0.2) is 15.0 Å². The second-order valence-electron chi connectivity index (χ2n) is 5.62. The topological polar surface area (TPSA) is 56.0 Å². The molecule has 23 heavy (non-hydrogen) atoms. The summed E-state index contributed by atoms with van der Waals surface area (Å²) >= 11 is 0. The summed E-state index contributed by atoms with van der Waals surface area (Å²) in [6.07, 6.45) is 0. The molecule has 5 heteroatoms. The number of imidazole rings is 1. The lowest BCUT2D eigenvalue weighted by atomic mass is 10.1. The normalized spacial score (nSPS) is 10.9. The Morgan fingerprint density at radius 3 is 2.43 bits per heavy atom. The number of fused-ring (bicyclic) bond motifs is 1. The molecule has 1 N–H and O–H groups in total. The Morgan fingerprint density at radius 2 is 1.70 bits per heavy atom. The maximum absolute atomic E-state index is 12.3. The van der Waals surface area contributed by atoms with Crippen molar-refractivity contribution in [2.45, 2.75) is 20.0 Å². The van der Waals surface area contributed by atoms with Crippen LogP contribution in [-0.2, 0) is 24.9 Å². The van der Waals surface area contributed by atoms with Gasteiger partial charge in [0.05, 0.1) is 11.0 Å². The van der Waals surface area contributed by atoms with E-state index in [0.717, 1.165) is 22.2 Å². The standard InChI is InChI=1S/C18H19N3O2/c1-13-7-3-4-8-14(13)11-19-17(22)12-21-16-10-6-5-9-15(16)20(2)18(21)23/h3-10H,11-12H2,1-2H3,(H,19,22). The molecule has 0 aliphatic rings. The minimum Gasteiger partial charge on any atom is -0.350 e. The molecule has 1 aromatic heterocycles. The lowest BCUT2D eigenvalue weighted by Crippen LogP contribution is -2.32. The zero-order chi connectivity index (χ0) is 16.4. The van der Waals surface area contributed by atoms with Crippen LogP contribution >= 0.6 is 0 Å². The number of hydrogen-bond donors (Lipinski definition) is 1. The number of carbonyl (C=O) groups is 1. The minimum atomic E-state index is -0.183. The fourth-order valence-corrected chi connectivity index (χ4v) is 2.72. The fourth-order valence-electron chi connectivity index (χ4n) is 2.72. The summed E-state index contributed by atoms with van der Waals surface area (Å²) in [5.41, 5.74) is 3.62. The van der Waals surface area contributed by atoms with Gasteiger partial charge in [-0.15, -0.1) is 0 Å². The highest BCUT2D eigenvalue weighted by atomic mass is 16.2. The first-order valence-electron chi connectivity index (χ1n) is 7.53. The van der Waals surface area contributed by atoms with E-state index in [1.165, 1.54) is 4.57 Å². The molecule has 0 aliphatic carbocycles. The van der Waals surface area contributed by atoms with Crippen LogP contribution in [0.4, 0.5) is 0 Å². The fraction of sp³-hybridized carbons (Fsp3) is 0.222. The smallest absolute Gasteiger partial charge is 0.329 e. The third-order valence-electron chi connectivity index (χ3n) is 4.09. The molecule has 0 atom stereocenters. The number of para-hydroxylation sites is 2. The van der Waals surface area contributed by atoms with Crippen molar-refractivity contribution in [2.75, 3.05) is 0 Å². The van der Waals surface area contributed by atoms with Crippen molar-refractivity contribution in [3.05, 3.63) is 70.1 Å². The van der Waals surface area contributed by atoms with Gasteiger partial charge in [0.25, 0.3) is 0 Å². The molecule has 0 saturated heterocycles. The summed E-state index contributed by atoms with van der Waals surface area (Å²) < 4.78 is 3.06. The Bertz CT molecular complexity index is 921. The van der Waals surface area contributed by atoms with E-state index in [1.54, 1.807) is 11.6 Å². The minimum absolute atomic E-state index is 0.0199. The molecule has 3 rings (SSSR count). The van der Waals surface area contributed by atoms with Gasteiger partial charge in [-0.3, -0.25) is 13.9 Å². The molecule has 0 bridgehead atoms. The third kappa shape index (κ3) is 2.90. The molecule has 1 amide bonds. The lowest BCUT2D eigenvalue weighted by Gasteiger charge is -2.08. The summed E-state index contributed by atoms with van der Waals surface area (Å²) in [6, 6.07) is 15.4. The van der Waals surface area contributed by atoms with Gasteiger partial charge in [-0.1, -0.05) is 36.4 Å². The Morgan fingerprint density at radius 1 is 1.04 bits per heavy atom. The molecular formula is C18H19N3O2. The second-order valence-corrected chi connectivity index (χ2v) is 5.62. The summed E-state index contributed by atoms with van der Waals surface area (Å²) in [7, 11) is 1.71. The first kappa shape index (κ1) is 15.1. The first-order chi connectivity index (χ1) is 11.1. The SMILES string of the molecule is Cc1ccccc1CNC(=O)Cn1c(=O)n(C)c2ccccc21. The van der Waals surface area contributed by atoms with Crippen molar-refractivity contribution in [3.63, 3.8) is 0 Å². The maximum Gasteiger partial charge on any atom is 0.329 e. The zero-order valence-electron chi connectivity index (χ0n) is 13.2. The number of hydrogen-bond acceptors (Lipinski definition) is 2. The molecule has 0 spiro atoms. The number of amides is 1. The molecule has 0 fully saturated rings. The Hall–Kier alpha value is -2.82. The van der Waals surface area contributed by atoms with E-state index in [9.17, 15) is 9.59 Å². The van der Waals surface area contributed by atoms with Gasteiger partial charge in [0, 0.05) is 13.6 Å². The largest absolute Gasteiger partial charge is 0.350 e. The molecule has 0 unspecified atom stereocenters. The molecule has 0 saturated carbocycles. The highest BCUT2D eigenvalue weighted by Gasteiger charge is 2.13. The molecule has 2 aromatic carbocycles. The molecule has 118 valence electrons. The molecule has 1 heterocycles. The number of aryl methyl sites for hydroxylation is 2. The Kier molecular flexibility index (Phi) is 4.02. The van der Waals surface area contributed by atoms with Crippen LogP contribution in [0.15, 0.2) is 53.3 Å². The van der Waals surface area contributed by atoms with Crippen LogP contribution in [0.3, 0.4) is 0 Å². The van der Waals surface area contributed by atoms with Crippen LogP contribution in [0.5, 0.6) is 0 Å². The van der Waals surface area contributed by atoms with Gasteiger partial charge in [0.15, 0.2) is 0 Å². The third-order valence-corrected chi connectivity index (χ3v) is 4.09. The van der Waals surface area contributed by atoms with Crippen molar-refractivity contribution >= 4 is 16.9 Å². The van der Waals surface area contributed by atoms with Crippen molar-refractivity contribution in [3.8, 4) is 0 Å². The average molecular weight is 309 g/mol. The van der Waals surface area contributed by atoms with Crippen molar-refractivity contribution in [1.29, 1.82) is 0 Å². The number of nitrogens with zero attached hydrogens (tertiary/aromatic N) is 2. The summed E-state index contributed by atoms with van der Waals surface area (Å²) in [5, 5.41) is 2.88. The van der Waals surface area contributed by atoms with Crippen LogP contribution in [0, 0.1) is 6.92 Å². The van der Waals surface area contributed by atoms with E-state index in [0.29, 0.717) is 6.54 Å². The summed E-state index contributed by atoms with van der Waals surface area (Å²) in [4.78, 5) is 24.5. The van der Waals surface area contributed by atoms with E-state index in [2.05, 4.69) is 5.32 Å². The van der Waals surface area contributed by atoms with Gasteiger partial charge in [0.1, 0.15) is 6.54 Å². The predicted molar refractivity (Wildman–Crippen MR) is 90.2 cm³/mol. The van der Waals surface area contributed by atoms with Crippen molar-refractivity contribution in [2.24, 2.45) is 7.05 Å². The highest BCUT2D eigenvalue weighted by Crippen LogP contribution is 2.11. The van der Waals surface area contributed by atoms with Crippen molar-refractivity contribution < 1.29 is 4.79 Å². The number of rotatable bonds is 4. The molecule has 0 aliphatic heterocycles. The maximum atomic E-state index is 12.3. The number of carbonyl (C=O) groups excluding carboxylic acids is 1. The van der Waals surface area contributed by atoms with Crippen LogP contribution in [0.2, 0.25) is 0 Å². The monoisotopic (exact) mass is 309 g/mol. The van der Waals surface area contributed by atoms with Gasteiger partial charge < -0.3 is 5.32 Å². The molecule has 0 radical (unpaired) electrons. The Balaban J connectivity index is 1.78. The van der Waals surface area contributed by atoms with Crippen LogP contribution < -0.4 is 11.0 Å². The number of nitrogens with one attached hydrogen (secondary N) is 1. The van der Waals surface area contributed by atoms with E-state index < -0.39 is 0 Å². The highest BCUT2D eigenvalue weighted by molar-refractivity contribution is 5.80. The van der Waals surface area contributed by atoms with Gasteiger partial charge in [0.2, 0.25) is 5.91 Å². The lowest BCUT2D eigenvalue weighted by molar-refractivity contribution is -0.121. The average Bonchev–Trinajstić information content (AvgIpc) is 2.80. The summed E-state index contributed by atoms with van der Waals surface area (Å²) in [6.45, 7) is 2.49. The molecule has 3 aromatic rings. The number of aromatic nitrogens is 2. The van der Waals surface area contributed by atoms with E-state index >= 15 is 0 Å². The predicted octanol–water partition coefficient (Wildman–Crippen LogP) is 1.96. The van der Waals surface area contributed by atoms with Gasteiger partial charge in [-0.25, -0.2) is 4.79 Å².